The SMILES string of the molecule is COc1ncnc(NCc2cc3c(s2)CCC3)c1[N+](=O)[O-]. The molecule has 1 aliphatic rings. The first-order valence-electron chi connectivity index (χ1n) is 6.56. The maximum Gasteiger partial charge on any atom is 0.372 e. The number of hydrogen-bond donors (Lipinski definition) is 1. The summed E-state index contributed by atoms with van der Waals surface area (Å²) in [4.78, 5) is 20.9. The average Bonchev–Trinajstić information content (AvgIpc) is 3.05. The van der Waals surface area contributed by atoms with E-state index in [-0.39, 0.29) is 17.4 Å². The van der Waals surface area contributed by atoms with Gasteiger partial charge in [0, 0.05) is 9.75 Å². The highest BCUT2D eigenvalue weighted by molar-refractivity contribution is 7.12. The molecule has 2 aromatic heterocycles. The van der Waals surface area contributed by atoms with Gasteiger partial charge in [0.2, 0.25) is 5.82 Å². The first-order valence-corrected chi connectivity index (χ1v) is 7.38. The molecule has 0 saturated carbocycles. The van der Waals surface area contributed by atoms with Crippen LogP contribution in [-0.4, -0.2) is 22.0 Å². The Kier molecular flexibility index (Phi) is 3.70. The Morgan fingerprint density at radius 2 is 2.33 bits per heavy atom. The summed E-state index contributed by atoms with van der Waals surface area (Å²) < 4.78 is 4.92. The number of rotatable bonds is 5. The van der Waals surface area contributed by atoms with E-state index in [2.05, 4.69) is 21.4 Å². The summed E-state index contributed by atoms with van der Waals surface area (Å²) in [5.74, 6) is 0.145. The van der Waals surface area contributed by atoms with Crippen LogP contribution >= 0.6 is 11.3 Å². The van der Waals surface area contributed by atoms with Gasteiger partial charge in [-0.25, -0.2) is 4.98 Å². The molecule has 0 atom stereocenters. The molecule has 0 spiro atoms. The highest BCUT2D eigenvalue weighted by Gasteiger charge is 2.24. The van der Waals surface area contributed by atoms with E-state index < -0.39 is 4.92 Å². The maximum atomic E-state index is 11.1. The van der Waals surface area contributed by atoms with Crippen LogP contribution in [0.25, 0.3) is 0 Å². The largest absolute Gasteiger partial charge is 0.476 e. The Labute approximate surface area is 125 Å². The second-order valence-corrected chi connectivity index (χ2v) is 5.93. The van der Waals surface area contributed by atoms with E-state index >= 15 is 0 Å². The number of fused-ring (bicyclic) bond motifs is 1. The van der Waals surface area contributed by atoms with Crippen LogP contribution in [0.4, 0.5) is 11.5 Å². The zero-order chi connectivity index (χ0) is 14.8. The maximum absolute atomic E-state index is 11.1. The van der Waals surface area contributed by atoms with Gasteiger partial charge < -0.3 is 10.1 Å². The summed E-state index contributed by atoms with van der Waals surface area (Å²) in [7, 11) is 1.35. The topological polar surface area (TPSA) is 90.2 Å². The Bertz CT molecular complexity index is 665. The van der Waals surface area contributed by atoms with E-state index in [4.69, 9.17) is 4.74 Å². The van der Waals surface area contributed by atoms with Crippen molar-refractivity contribution in [3.8, 4) is 5.88 Å². The van der Waals surface area contributed by atoms with Crippen molar-refractivity contribution in [3.05, 3.63) is 37.8 Å². The molecule has 0 saturated heterocycles. The van der Waals surface area contributed by atoms with Gasteiger partial charge in [0.25, 0.3) is 5.88 Å². The van der Waals surface area contributed by atoms with Crippen LogP contribution in [0, 0.1) is 10.1 Å². The van der Waals surface area contributed by atoms with Crippen molar-refractivity contribution in [2.24, 2.45) is 0 Å². The lowest BCUT2D eigenvalue weighted by Gasteiger charge is -2.06. The Hall–Kier alpha value is -2.22. The number of nitro groups is 1. The molecule has 2 aromatic rings. The third-order valence-corrected chi connectivity index (χ3v) is 4.63. The van der Waals surface area contributed by atoms with E-state index in [1.165, 1.54) is 30.3 Å². The highest BCUT2D eigenvalue weighted by atomic mass is 32.1. The quantitative estimate of drug-likeness (QED) is 0.674. The molecule has 1 aliphatic carbocycles. The summed E-state index contributed by atoms with van der Waals surface area (Å²) in [5, 5.41) is 14.1. The van der Waals surface area contributed by atoms with Crippen molar-refractivity contribution < 1.29 is 9.66 Å². The fourth-order valence-electron chi connectivity index (χ4n) is 2.45. The molecule has 8 heteroatoms. The van der Waals surface area contributed by atoms with Crippen LogP contribution in [0.3, 0.4) is 0 Å². The molecule has 0 aromatic carbocycles. The van der Waals surface area contributed by atoms with Crippen LogP contribution < -0.4 is 10.1 Å². The molecule has 0 radical (unpaired) electrons. The van der Waals surface area contributed by atoms with E-state index in [9.17, 15) is 10.1 Å². The van der Waals surface area contributed by atoms with Gasteiger partial charge in [-0.05, 0) is 30.9 Å². The van der Waals surface area contributed by atoms with Gasteiger partial charge in [-0.3, -0.25) is 10.1 Å². The summed E-state index contributed by atoms with van der Waals surface area (Å²) in [6.07, 6.45) is 4.75. The molecule has 0 fully saturated rings. The van der Waals surface area contributed by atoms with Gasteiger partial charge in [-0.1, -0.05) is 0 Å². The van der Waals surface area contributed by atoms with Crippen molar-refractivity contribution in [2.75, 3.05) is 12.4 Å². The van der Waals surface area contributed by atoms with Crippen molar-refractivity contribution in [2.45, 2.75) is 25.8 Å². The van der Waals surface area contributed by atoms with Crippen LogP contribution in [-0.2, 0) is 19.4 Å². The molecule has 0 amide bonds. The fourth-order valence-corrected chi connectivity index (χ4v) is 3.66. The number of ether oxygens (including phenoxy) is 1. The molecule has 0 aliphatic heterocycles. The number of thiophene rings is 1. The normalized spacial score (nSPS) is 13.0. The number of aryl methyl sites for hydroxylation is 2. The molecular formula is C13H14N4O3S. The van der Waals surface area contributed by atoms with E-state index in [0.717, 1.165) is 17.7 Å². The first-order chi connectivity index (χ1) is 10.2. The third kappa shape index (κ3) is 2.66. The second-order valence-electron chi connectivity index (χ2n) is 4.71. The van der Waals surface area contributed by atoms with Gasteiger partial charge in [-0.2, -0.15) is 4.98 Å². The van der Waals surface area contributed by atoms with Gasteiger partial charge in [0.1, 0.15) is 6.33 Å². The molecule has 110 valence electrons. The smallest absolute Gasteiger partial charge is 0.372 e. The number of methoxy groups -OCH3 is 1. The number of nitrogens with one attached hydrogen (secondary N) is 1. The molecule has 21 heavy (non-hydrogen) atoms. The van der Waals surface area contributed by atoms with Crippen molar-refractivity contribution in [3.63, 3.8) is 0 Å². The van der Waals surface area contributed by atoms with Crippen molar-refractivity contribution in [1.29, 1.82) is 0 Å². The molecule has 3 rings (SSSR count). The number of anilines is 1. The van der Waals surface area contributed by atoms with Gasteiger partial charge >= 0.3 is 5.69 Å². The summed E-state index contributed by atoms with van der Waals surface area (Å²) in [5.41, 5.74) is 1.18. The second kappa shape index (κ2) is 5.65. The summed E-state index contributed by atoms with van der Waals surface area (Å²) in [6.45, 7) is 0.513. The molecule has 0 unspecified atom stereocenters. The summed E-state index contributed by atoms with van der Waals surface area (Å²) in [6, 6.07) is 2.17. The van der Waals surface area contributed by atoms with Crippen molar-refractivity contribution in [1.82, 2.24) is 9.97 Å². The molecule has 0 bridgehead atoms. The number of nitrogens with zero attached hydrogens (tertiary/aromatic N) is 3. The predicted octanol–water partition coefficient (Wildman–Crippen LogP) is 2.56. The van der Waals surface area contributed by atoms with E-state index in [0.29, 0.717) is 6.54 Å². The average molecular weight is 306 g/mol. The minimum absolute atomic E-state index is 0.0359. The fraction of sp³-hybridized carbons (Fsp3) is 0.385. The minimum atomic E-state index is -0.532. The third-order valence-electron chi connectivity index (χ3n) is 3.39. The van der Waals surface area contributed by atoms with E-state index in [1.807, 2.05) is 0 Å². The summed E-state index contributed by atoms with van der Waals surface area (Å²) >= 11 is 1.76. The van der Waals surface area contributed by atoms with Gasteiger partial charge in [-0.15, -0.1) is 11.3 Å². The predicted molar refractivity (Wildman–Crippen MR) is 78.9 cm³/mol. The lowest BCUT2D eigenvalue weighted by Crippen LogP contribution is -2.06. The monoisotopic (exact) mass is 306 g/mol. The van der Waals surface area contributed by atoms with Gasteiger partial charge in [0.15, 0.2) is 0 Å². The van der Waals surface area contributed by atoms with Crippen LogP contribution in [0.5, 0.6) is 5.88 Å². The molecule has 7 nitrogen and oxygen atoms in total. The Morgan fingerprint density at radius 1 is 1.48 bits per heavy atom. The zero-order valence-electron chi connectivity index (χ0n) is 11.5. The highest BCUT2D eigenvalue weighted by Crippen LogP contribution is 2.33. The molecule has 1 N–H and O–H groups in total. The van der Waals surface area contributed by atoms with Crippen LogP contribution in [0.15, 0.2) is 12.4 Å². The van der Waals surface area contributed by atoms with E-state index in [1.54, 1.807) is 11.3 Å². The van der Waals surface area contributed by atoms with Crippen molar-refractivity contribution >= 4 is 22.8 Å². The standard InChI is InChI=1S/C13H14N4O3S/c1-20-13-11(17(18)19)12(15-7-16-13)14-6-9-5-8-3-2-4-10(8)21-9/h5,7H,2-4,6H2,1H3,(H,14,15,16). The van der Waals surface area contributed by atoms with Crippen LogP contribution in [0.2, 0.25) is 0 Å². The lowest BCUT2D eigenvalue weighted by molar-refractivity contribution is -0.385. The number of hydrogen-bond acceptors (Lipinski definition) is 7. The first kappa shape index (κ1) is 13.7. The minimum Gasteiger partial charge on any atom is -0.476 e. The van der Waals surface area contributed by atoms with Gasteiger partial charge in [0.05, 0.1) is 18.6 Å². The lowest BCUT2D eigenvalue weighted by atomic mass is 10.2. The molecular weight excluding hydrogens is 292 g/mol. The zero-order valence-corrected chi connectivity index (χ0v) is 12.3. The Morgan fingerprint density at radius 3 is 3.05 bits per heavy atom. The van der Waals surface area contributed by atoms with Crippen LogP contribution in [0.1, 0.15) is 21.7 Å². The Balaban J connectivity index is 1.79. The molecule has 2 heterocycles. The number of aromatic nitrogens is 2.